The summed E-state index contributed by atoms with van der Waals surface area (Å²) in [5.74, 6) is -1.13. The van der Waals surface area contributed by atoms with Crippen LogP contribution in [0.15, 0.2) is 36.5 Å². The summed E-state index contributed by atoms with van der Waals surface area (Å²) < 4.78 is 26.7. The van der Waals surface area contributed by atoms with Crippen LogP contribution in [0.4, 0.5) is 14.6 Å². The molecular formula is C20H22F2N4O2. The number of piperazine rings is 1. The van der Waals surface area contributed by atoms with Crippen LogP contribution in [0.1, 0.15) is 13.8 Å². The molecule has 8 heteroatoms. The monoisotopic (exact) mass is 388 g/mol. The third-order valence-corrected chi connectivity index (χ3v) is 4.78. The fraction of sp³-hybridized carbons (Fsp3) is 0.350. The molecular weight excluding hydrogens is 366 g/mol. The first-order valence-electron chi connectivity index (χ1n) is 9.04. The van der Waals surface area contributed by atoms with Gasteiger partial charge in [-0.15, -0.1) is 0 Å². The molecule has 1 aliphatic heterocycles. The van der Waals surface area contributed by atoms with E-state index in [2.05, 4.69) is 10.3 Å². The minimum absolute atomic E-state index is 0.0402. The van der Waals surface area contributed by atoms with Gasteiger partial charge in [-0.2, -0.15) is 0 Å². The van der Waals surface area contributed by atoms with E-state index < -0.39 is 11.6 Å². The van der Waals surface area contributed by atoms with Crippen LogP contribution in [-0.2, 0) is 9.59 Å². The second kappa shape index (κ2) is 8.43. The Kier molecular flexibility index (Phi) is 5.99. The molecule has 1 aromatic heterocycles. The Labute approximate surface area is 162 Å². The summed E-state index contributed by atoms with van der Waals surface area (Å²) in [4.78, 5) is 31.7. The van der Waals surface area contributed by atoms with Gasteiger partial charge in [0, 0.05) is 50.4 Å². The number of rotatable bonds is 4. The molecule has 28 heavy (non-hydrogen) atoms. The fourth-order valence-electron chi connectivity index (χ4n) is 3.24. The van der Waals surface area contributed by atoms with Crippen LogP contribution < -0.4 is 5.32 Å². The topological polar surface area (TPSA) is 65.5 Å². The van der Waals surface area contributed by atoms with Gasteiger partial charge in [0.05, 0.1) is 6.54 Å². The zero-order valence-corrected chi connectivity index (χ0v) is 15.8. The van der Waals surface area contributed by atoms with Gasteiger partial charge in [0.25, 0.3) is 0 Å². The van der Waals surface area contributed by atoms with Crippen LogP contribution >= 0.6 is 0 Å². The van der Waals surface area contributed by atoms with Gasteiger partial charge in [0.2, 0.25) is 11.8 Å². The highest BCUT2D eigenvalue weighted by atomic mass is 19.1. The van der Waals surface area contributed by atoms with Crippen molar-refractivity contribution in [1.29, 1.82) is 0 Å². The average molecular weight is 388 g/mol. The van der Waals surface area contributed by atoms with Crippen LogP contribution in [0.25, 0.3) is 11.1 Å². The van der Waals surface area contributed by atoms with Crippen molar-refractivity contribution < 1.29 is 18.4 Å². The van der Waals surface area contributed by atoms with E-state index >= 15 is 0 Å². The molecule has 0 saturated carbocycles. The molecule has 2 aromatic rings. The molecule has 2 amide bonds. The standard InChI is InChI=1S/C20H22F2N4O2/c1-13-11-26(14(2)27)6-5-25(13)12-20(28)24-19-4-3-15(10-23-19)16-7-17(21)9-18(22)8-16/h3-4,7-10,13H,5-6,11-12H2,1-2H3,(H,23,24,28). The molecule has 1 atom stereocenters. The molecule has 1 aromatic carbocycles. The molecule has 2 heterocycles. The van der Waals surface area contributed by atoms with E-state index in [1.807, 2.05) is 11.8 Å². The molecule has 1 unspecified atom stereocenters. The molecule has 1 N–H and O–H groups in total. The molecule has 0 bridgehead atoms. The van der Waals surface area contributed by atoms with Crippen molar-refractivity contribution in [3.8, 4) is 11.1 Å². The van der Waals surface area contributed by atoms with Gasteiger partial charge >= 0.3 is 0 Å². The Morgan fingerprint density at radius 3 is 2.43 bits per heavy atom. The minimum Gasteiger partial charge on any atom is -0.340 e. The Balaban J connectivity index is 1.58. The second-order valence-electron chi connectivity index (χ2n) is 6.92. The zero-order chi connectivity index (χ0) is 20.3. The predicted octanol–water partition coefficient (Wildman–Crippen LogP) is 2.52. The van der Waals surface area contributed by atoms with E-state index in [1.165, 1.54) is 18.3 Å². The van der Waals surface area contributed by atoms with Gasteiger partial charge in [-0.3, -0.25) is 14.5 Å². The first-order valence-corrected chi connectivity index (χ1v) is 9.04. The lowest BCUT2D eigenvalue weighted by Crippen LogP contribution is -2.54. The van der Waals surface area contributed by atoms with E-state index in [9.17, 15) is 18.4 Å². The van der Waals surface area contributed by atoms with Crippen LogP contribution in [-0.4, -0.2) is 58.8 Å². The van der Waals surface area contributed by atoms with Gasteiger partial charge in [0.15, 0.2) is 0 Å². The molecule has 148 valence electrons. The number of hydrogen-bond acceptors (Lipinski definition) is 4. The number of benzene rings is 1. The highest BCUT2D eigenvalue weighted by molar-refractivity contribution is 5.91. The lowest BCUT2D eigenvalue weighted by molar-refractivity contribution is -0.132. The third-order valence-electron chi connectivity index (χ3n) is 4.78. The van der Waals surface area contributed by atoms with Crippen molar-refractivity contribution in [1.82, 2.24) is 14.8 Å². The molecule has 1 fully saturated rings. The molecule has 0 aliphatic carbocycles. The Bertz CT molecular complexity index is 853. The highest BCUT2D eigenvalue weighted by Gasteiger charge is 2.26. The number of nitrogens with one attached hydrogen (secondary N) is 1. The van der Waals surface area contributed by atoms with Gasteiger partial charge in [-0.05, 0) is 36.8 Å². The molecule has 0 radical (unpaired) electrons. The summed E-state index contributed by atoms with van der Waals surface area (Å²) >= 11 is 0. The van der Waals surface area contributed by atoms with Gasteiger partial charge in [-0.25, -0.2) is 13.8 Å². The van der Waals surface area contributed by atoms with Gasteiger partial charge < -0.3 is 10.2 Å². The maximum atomic E-state index is 13.3. The molecule has 1 aliphatic rings. The Morgan fingerprint density at radius 2 is 1.86 bits per heavy atom. The lowest BCUT2D eigenvalue weighted by atomic mass is 10.1. The highest BCUT2D eigenvalue weighted by Crippen LogP contribution is 2.22. The quantitative estimate of drug-likeness (QED) is 0.874. The van der Waals surface area contributed by atoms with E-state index in [0.29, 0.717) is 36.6 Å². The average Bonchev–Trinajstić information content (AvgIpc) is 2.63. The second-order valence-corrected chi connectivity index (χ2v) is 6.92. The van der Waals surface area contributed by atoms with Crippen molar-refractivity contribution in [2.75, 3.05) is 31.5 Å². The number of carbonyl (C=O) groups excluding carboxylic acids is 2. The number of halogens is 2. The normalized spacial score (nSPS) is 17.4. The van der Waals surface area contributed by atoms with Crippen molar-refractivity contribution in [2.24, 2.45) is 0 Å². The van der Waals surface area contributed by atoms with E-state index in [-0.39, 0.29) is 24.4 Å². The van der Waals surface area contributed by atoms with Crippen LogP contribution in [0.3, 0.4) is 0 Å². The summed E-state index contributed by atoms with van der Waals surface area (Å²) in [6, 6.07) is 6.57. The SMILES string of the molecule is CC(=O)N1CCN(CC(=O)Nc2ccc(-c3cc(F)cc(F)c3)cn2)C(C)C1. The summed E-state index contributed by atoms with van der Waals surface area (Å²) in [6.45, 7) is 5.55. The number of nitrogens with zero attached hydrogens (tertiary/aromatic N) is 3. The first kappa shape index (κ1) is 19.9. The van der Waals surface area contributed by atoms with Crippen molar-refractivity contribution in [3.63, 3.8) is 0 Å². The van der Waals surface area contributed by atoms with Crippen molar-refractivity contribution in [3.05, 3.63) is 48.2 Å². The number of anilines is 1. The number of hydrogen-bond donors (Lipinski definition) is 1. The summed E-state index contributed by atoms with van der Waals surface area (Å²) in [5.41, 5.74) is 0.922. The Hall–Kier alpha value is -2.87. The number of pyridine rings is 1. The van der Waals surface area contributed by atoms with Gasteiger partial charge in [0.1, 0.15) is 17.5 Å². The summed E-state index contributed by atoms with van der Waals surface area (Å²) in [7, 11) is 0. The predicted molar refractivity (Wildman–Crippen MR) is 102 cm³/mol. The third kappa shape index (κ3) is 4.89. The molecule has 1 saturated heterocycles. The molecule has 3 rings (SSSR count). The number of amides is 2. The molecule has 0 spiro atoms. The van der Waals surface area contributed by atoms with E-state index in [1.54, 1.807) is 24.0 Å². The maximum absolute atomic E-state index is 13.3. The van der Waals surface area contributed by atoms with Crippen LogP contribution in [0.2, 0.25) is 0 Å². The Morgan fingerprint density at radius 1 is 1.14 bits per heavy atom. The van der Waals surface area contributed by atoms with Crippen molar-refractivity contribution in [2.45, 2.75) is 19.9 Å². The zero-order valence-electron chi connectivity index (χ0n) is 15.8. The van der Waals surface area contributed by atoms with Crippen LogP contribution in [0.5, 0.6) is 0 Å². The molecule has 6 nitrogen and oxygen atoms in total. The summed E-state index contributed by atoms with van der Waals surface area (Å²) in [5, 5.41) is 2.72. The van der Waals surface area contributed by atoms with Crippen LogP contribution in [0, 0.1) is 11.6 Å². The summed E-state index contributed by atoms with van der Waals surface area (Å²) in [6.07, 6.45) is 1.46. The first-order chi connectivity index (χ1) is 13.3. The van der Waals surface area contributed by atoms with E-state index in [0.717, 1.165) is 6.07 Å². The number of carbonyl (C=O) groups is 2. The minimum atomic E-state index is -0.661. The van der Waals surface area contributed by atoms with E-state index in [4.69, 9.17) is 0 Å². The maximum Gasteiger partial charge on any atom is 0.239 e. The van der Waals surface area contributed by atoms with Crippen molar-refractivity contribution >= 4 is 17.6 Å². The fourth-order valence-corrected chi connectivity index (χ4v) is 3.24. The largest absolute Gasteiger partial charge is 0.340 e. The number of aromatic nitrogens is 1. The van der Waals surface area contributed by atoms with Gasteiger partial charge in [-0.1, -0.05) is 0 Å². The smallest absolute Gasteiger partial charge is 0.239 e. The lowest BCUT2D eigenvalue weighted by Gasteiger charge is -2.39.